The molecule has 0 fully saturated rings. The lowest BCUT2D eigenvalue weighted by atomic mass is 10.1. The van der Waals surface area contributed by atoms with Crippen LogP contribution in [-0.4, -0.2) is 42.9 Å². The zero-order valence-electron chi connectivity index (χ0n) is 19.1. The molecule has 180 valence electrons. The van der Waals surface area contributed by atoms with Crippen LogP contribution in [0.4, 0.5) is 5.69 Å². The number of nitro benzene ring substituents is 1. The SMILES string of the molecule is COCc1cc(C)nc(OCC(=O)NN=Cc2ccc(-c3cc([N+](=O)[O-])ccc3OC)o2)c1C#N. The highest BCUT2D eigenvalue weighted by Gasteiger charge is 2.16. The maximum Gasteiger partial charge on any atom is 0.278 e. The number of amides is 1. The molecule has 12 heteroatoms. The van der Waals surface area contributed by atoms with Gasteiger partial charge in [0.05, 0.1) is 30.4 Å². The lowest BCUT2D eigenvalue weighted by Gasteiger charge is -2.10. The summed E-state index contributed by atoms with van der Waals surface area (Å²) in [5, 5.41) is 24.3. The van der Waals surface area contributed by atoms with Crippen LogP contribution in [0.15, 0.2) is 45.9 Å². The zero-order valence-corrected chi connectivity index (χ0v) is 19.1. The summed E-state index contributed by atoms with van der Waals surface area (Å²) in [6.07, 6.45) is 1.26. The Hall–Kier alpha value is -4.76. The molecule has 0 unspecified atom stereocenters. The van der Waals surface area contributed by atoms with Gasteiger partial charge in [-0.2, -0.15) is 10.4 Å². The summed E-state index contributed by atoms with van der Waals surface area (Å²) in [5.41, 5.74) is 3.96. The van der Waals surface area contributed by atoms with E-state index in [1.54, 1.807) is 25.1 Å². The van der Waals surface area contributed by atoms with E-state index in [1.807, 2.05) is 6.07 Å². The van der Waals surface area contributed by atoms with Crippen molar-refractivity contribution in [3.05, 3.63) is 69.1 Å². The van der Waals surface area contributed by atoms with Crippen molar-refractivity contribution in [2.24, 2.45) is 5.10 Å². The molecule has 2 aromatic heterocycles. The van der Waals surface area contributed by atoms with Gasteiger partial charge in [-0.05, 0) is 31.2 Å². The second-order valence-electron chi connectivity index (χ2n) is 7.07. The van der Waals surface area contributed by atoms with Crippen molar-refractivity contribution in [3.63, 3.8) is 0 Å². The second-order valence-corrected chi connectivity index (χ2v) is 7.07. The molecule has 1 amide bonds. The molecule has 0 spiro atoms. The second kappa shape index (κ2) is 11.4. The third-order valence-corrected chi connectivity index (χ3v) is 4.61. The molecule has 1 N–H and O–H groups in total. The number of methoxy groups -OCH3 is 2. The highest BCUT2D eigenvalue weighted by Crippen LogP contribution is 2.34. The molecule has 3 aromatic rings. The van der Waals surface area contributed by atoms with Crippen LogP contribution in [0.25, 0.3) is 11.3 Å². The number of rotatable bonds is 10. The lowest BCUT2D eigenvalue weighted by Crippen LogP contribution is -2.25. The number of nitrogens with zero attached hydrogens (tertiary/aromatic N) is 4. The van der Waals surface area contributed by atoms with Gasteiger partial charge in [0.25, 0.3) is 11.6 Å². The van der Waals surface area contributed by atoms with E-state index in [9.17, 15) is 20.2 Å². The molecule has 35 heavy (non-hydrogen) atoms. The van der Waals surface area contributed by atoms with Crippen LogP contribution in [0.2, 0.25) is 0 Å². The molecule has 1 aromatic carbocycles. The first-order valence-corrected chi connectivity index (χ1v) is 10.1. The largest absolute Gasteiger partial charge is 0.496 e. The third-order valence-electron chi connectivity index (χ3n) is 4.61. The number of nitriles is 1. The van der Waals surface area contributed by atoms with E-state index in [1.165, 1.54) is 38.6 Å². The van der Waals surface area contributed by atoms with Crippen LogP contribution >= 0.6 is 0 Å². The maximum absolute atomic E-state index is 12.1. The van der Waals surface area contributed by atoms with Gasteiger partial charge in [-0.1, -0.05) is 0 Å². The van der Waals surface area contributed by atoms with Crippen molar-refractivity contribution in [3.8, 4) is 29.0 Å². The van der Waals surface area contributed by atoms with Gasteiger partial charge in [-0.25, -0.2) is 10.4 Å². The molecule has 0 saturated carbocycles. The number of pyridine rings is 1. The first-order valence-electron chi connectivity index (χ1n) is 10.1. The Morgan fingerprint density at radius 3 is 2.80 bits per heavy atom. The number of furan rings is 1. The van der Waals surface area contributed by atoms with Gasteiger partial charge in [-0.3, -0.25) is 14.9 Å². The Kier molecular flexibility index (Phi) is 8.10. The maximum atomic E-state index is 12.1. The van der Waals surface area contributed by atoms with Gasteiger partial charge in [-0.15, -0.1) is 0 Å². The number of aromatic nitrogens is 1. The highest BCUT2D eigenvalue weighted by molar-refractivity contribution is 5.82. The molecule has 3 rings (SSSR count). The topological polar surface area (TPSA) is 162 Å². The van der Waals surface area contributed by atoms with E-state index >= 15 is 0 Å². The zero-order chi connectivity index (χ0) is 25.4. The van der Waals surface area contributed by atoms with E-state index in [2.05, 4.69) is 15.5 Å². The Morgan fingerprint density at radius 2 is 2.11 bits per heavy atom. The first-order chi connectivity index (χ1) is 16.9. The van der Waals surface area contributed by atoms with E-state index in [-0.39, 0.29) is 29.5 Å². The van der Waals surface area contributed by atoms with Gasteiger partial charge < -0.3 is 18.6 Å². The van der Waals surface area contributed by atoms with E-state index in [4.69, 9.17) is 18.6 Å². The molecule has 0 atom stereocenters. The summed E-state index contributed by atoms with van der Waals surface area (Å²) in [6, 6.07) is 11.0. The molecule has 0 radical (unpaired) electrons. The fourth-order valence-electron chi connectivity index (χ4n) is 3.11. The van der Waals surface area contributed by atoms with Gasteiger partial charge in [0, 0.05) is 30.5 Å². The first kappa shape index (κ1) is 24.9. The monoisotopic (exact) mass is 479 g/mol. The number of ether oxygens (including phenoxy) is 3. The van der Waals surface area contributed by atoms with Crippen molar-refractivity contribution in [2.75, 3.05) is 20.8 Å². The minimum atomic E-state index is -0.589. The number of benzene rings is 1. The number of nitrogens with one attached hydrogen (secondary N) is 1. The number of non-ortho nitro benzene ring substituents is 1. The Labute approximate surface area is 199 Å². The Bertz CT molecular complexity index is 1310. The summed E-state index contributed by atoms with van der Waals surface area (Å²) < 4.78 is 21.4. The summed E-state index contributed by atoms with van der Waals surface area (Å²) >= 11 is 0. The number of hydrogen-bond donors (Lipinski definition) is 1. The van der Waals surface area contributed by atoms with E-state index in [0.29, 0.717) is 28.3 Å². The molecule has 0 aliphatic heterocycles. The van der Waals surface area contributed by atoms with Crippen molar-refractivity contribution < 1.29 is 28.3 Å². The Morgan fingerprint density at radius 1 is 1.31 bits per heavy atom. The van der Waals surface area contributed by atoms with E-state index < -0.39 is 17.4 Å². The minimum absolute atomic E-state index is 0.0280. The summed E-state index contributed by atoms with van der Waals surface area (Å²) in [7, 11) is 2.95. The van der Waals surface area contributed by atoms with Gasteiger partial charge in [0.2, 0.25) is 5.88 Å². The third kappa shape index (κ3) is 6.18. The molecule has 0 bridgehead atoms. The van der Waals surface area contributed by atoms with Gasteiger partial charge >= 0.3 is 0 Å². The highest BCUT2D eigenvalue weighted by atomic mass is 16.6. The molecule has 0 aliphatic rings. The number of nitro groups is 1. The number of carbonyl (C=O) groups is 1. The summed E-state index contributed by atoms with van der Waals surface area (Å²) in [4.78, 5) is 26.8. The van der Waals surface area contributed by atoms with Crippen LogP contribution in [0.5, 0.6) is 11.6 Å². The van der Waals surface area contributed by atoms with Crippen LogP contribution in [0, 0.1) is 28.4 Å². The average Bonchev–Trinajstić information content (AvgIpc) is 3.31. The fourth-order valence-corrected chi connectivity index (χ4v) is 3.11. The smallest absolute Gasteiger partial charge is 0.278 e. The predicted molar refractivity (Wildman–Crippen MR) is 123 cm³/mol. The van der Waals surface area contributed by atoms with Gasteiger partial charge in [0.1, 0.15) is 28.9 Å². The van der Waals surface area contributed by atoms with E-state index in [0.717, 1.165) is 0 Å². The van der Waals surface area contributed by atoms with Crippen LogP contribution < -0.4 is 14.9 Å². The van der Waals surface area contributed by atoms with Crippen molar-refractivity contribution in [2.45, 2.75) is 13.5 Å². The molecule has 2 heterocycles. The number of hydrogen-bond acceptors (Lipinski definition) is 10. The quantitative estimate of drug-likeness (QED) is 0.261. The molecular weight excluding hydrogens is 458 g/mol. The van der Waals surface area contributed by atoms with Crippen LogP contribution in [-0.2, 0) is 16.1 Å². The number of aryl methyl sites for hydroxylation is 1. The fraction of sp³-hybridized carbons (Fsp3) is 0.217. The molecule has 12 nitrogen and oxygen atoms in total. The average molecular weight is 479 g/mol. The summed E-state index contributed by atoms with van der Waals surface area (Å²) in [6.45, 7) is 1.51. The van der Waals surface area contributed by atoms with Crippen molar-refractivity contribution in [1.82, 2.24) is 10.4 Å². The molecular formula is C23H21N5O7. The minimum Gasteiger partial charge on any atom is -0.496 e. The van der Waals surface area contributed by atoms with Crippen LogP contribution in [0.3, 0.4) is 0 Å². The van der Waals surface area contributed by atoms with Crippen molar-refractivity contribution in [1.29, 1.82) is 5.26 Å². The molecule has 0 aliphatic carbocycles. The molecule has 0 saturated heterocycles. The van der Waals surface area contributed by atoms with Crippen molar-refractivity contribution >= 4 is 17.8 Å². The lowest BCUT2D eigenvalue weighted by molar-refractivity contribution is -0.384. The van der Waals surface area contributed by atoms with Gasteiger partial charge in [0.15, 0.2) is 6.61 Å². The number of carbonyl (C=O) groups excluding carboxylic acids is 1. The summed E-state index contributed by atoms with van der Waals surface area (Å²) in [5.74, 6) is 0.442. The normalized spacial score (nSPS) is 10.7. The standard InChI is InChI=1S/C23H21N5O7/c1-14-8-15(12-32-2)19(10-24)23(26-14)34-13-22(29)27-25-11-17-5-7-21(35-17)18-9-16(28(30)31)4-6-20(18)33-3/h4-9,11H,12-13H2,1-3H3,(H,27,29). The number of hydrazone groups is 1. The predicted octanol–water partition coefficient (Wildman–Crippen LogP) is 3.11. The van der Waals surface area contributed by atoms with Crippen LogP contribution in [0.1, 0.15) is 22.6 Å². The Balaban J connectivity index is 1.64.